The molecule has 5 nitrogen and oxygen atoms in total. The Morgan fingerprint density at radius 2 is 2.00 bits per heavy atom. The van der Waals surface area contributed by atoms with Crippen LogP contribution in [0.25, 0.3) is 0 Å². The van der Waals surface area contributed by atoms with Gasteiger partial charge in [-0.05, 0) is 25.5 Å². The van der Waals surface area contributed by atoms with Crippen LogP contribution in [0.15, 0.2) is 18.3 Å². The maximum Gasteiger partial charge on any atom is 0.128 e. The molecule has 0 radical (unpaired) electrons. The summed E-state index contributed by atoms with van der Waals surface area (Å²) in [5.41, 5.74) is 6.87. The molecule has 0 aliphatic rings. The van der Waals surface area contributed by atoms with Crippen LogP contribution in [0.1, 0.15) is 25.5 Å². The van der Waals surface area contributed by atoms with E-state index in [1.807, 2.05) is 25.3 Å². The zero-order chi connectivity index (χ0) is 14.3. The van der Waals surface area contributed by atoms with Crippen LogP contribution < -0.4 is 10.6 Å². The number of methoxy groups -OCH3 is 2. The first kappa shape index (κ1) is 15.9. The lowest BCUT2D eigenvalue weighted by Gasteiger charge is -2.29. The molecule has 0 fully saturated rings. The monoisotopic (exact) mass is 267 g/mol. The number of rotatable bonds is 8. The number of nitrogens with two attached hydrogens (primary N) is 1. The predicted molar refractivity (Wildman–Crippen MR) is 77.4 cm³/mol. The number of ether oxygens (including phenoxy) is 2. The van der Waals surface area contributed by atoms with E-state index in [1.54, 1.807) is 14.2 Å². The molecular weight excluding hydrogens is 242 g/mol. The average molecular weight is 267 g/mol. The lowest BCUT2D eigenvalue weighted by atomic mass is 10.1. The fraction of sp³-hybridized carbons (Fsp3) is 0.643. The Kier molecular flexibility index (Phi) is 6.77. The van der Waals surface area contributed by atoms with Crippen molar-refractivity contribution in [3.8, 4) is 0 Å². The van der Waals surface area contributed by atoms with Gasteiger partial charge < -0.3 is 20.1 Å². The van der Waals surface area contributed by atoms with Gasteiger partial charge >= 0.3 is 0 Å². The molecule has 0 spiro atoms. The highest BCUT2D eigenvalue weighted by atomic mass is 16.5. The minimum atomic E-state index is 0.00498. The summed E-state index contributed by atoms with van der Waals surface area (Å²) in [6.07, 6.45) is 1.83. The first-order valence-corrected chi connectivity index (χ1v) is 6.56. The molecule has 0 saturated heterocycles. The van der Waals surface area contributed by atoms with Gasteiger partial charge in [0.2, 0.25) is 0 Å². The lowest BCUT2D eigenvalue weighted by molar-refractivity contribution is 0.170. The maximum absolute atomic E-state index is 5.83. The molecule has 0 aliphatic carbocycles. The highest BCUT2D eigenvalue weighted by Crippen LogP contribution is 2.17. The maximum atomic E-state index is 5.83. The van der Waals surface area contributed by atoms with Gasteiger partial charge in [0, 0.05) is 33.0 Å². The first-order chi connectivity index (χ1) is 9.10. The zero-order valence-corrected chi connectivity index (χ0v) is 12.3. The van der Waals surface area contributed by atoms with Crippen LogP contribution >= 0.6 is 0 Å². The van der Waals surface area contributed by atoms with Crippen LogP contribution in [0, 0.1) is 0 Å². The van der Waals surface area contributed by atoms with Crippen LogP contribution in [-0.4, -0.2) is 45.0 Å². The first-order valence-electron chi connectivity index (χ1n) is 6.56. The normalized spacial score (nSPS) is 14.2. The fourth-order valence-corrected chi connectivity index (χ4v) is 1.92. The van der Waals surface area contributed by atoms with Crippen LogP contribution in [0.3, 0.4) is 0 Å². The summed E-state index contributed by atoms with van der Waals surface area (Å²) >= 11 is 0. The third kappa shape index (κ3) is 4.78. The average Bonchev–Trinajstić information content (AvgIpc) is 2.40. The topological polar surface area (TPSA) is 60.6 Å². The summed E-state index contributed by atoms with van der Waals surface area (Å²) in [6.45, 7) is 6.16. The van der Waals surface area contributed by atoms with E-state index in [4.69, 9.17) is 15.2 Å². The third-order valence-corrected chi connectivity index (χ3v) is 3.07. The number of aromatic nitrogens is 1. The zero-order valence-electron chi connectivity index (χ0n) is 12.3. The van der Waals surface area contributed by atoms with E-state index in [9.17, 15) is 0 Å². The summed E-state index contributed by atoms with van der Waals surface area (Å²) in [4.78, 5) is 6.67. The Labute approximate surface area is 115 Å². The minimum absolute atomic E-state index is 0.00498. The fourth-order valence-electron chi connectivity index (χ4n) is 1.92. The molecule has 1 heterocycles. The lowest BCUT2D eigenvalue weighted by Crippen LogP contribution is -2.39. The molecule has 2 N–H and O–H groups in total. The molecule has 1 rings (SSSR count). The molecule has 0 aromatic carbocycles. The number of anilines is 1. The molecule has 0 bridgehead atoms. The standard InChI is InChI=1S/C14H25N3O2/c1-11(10-19-4)17(7-8-18-3)14-6-5-13(9-16-14)12(2)15/h5-6,9,11-12H,7-8,10,15H2,1-4H3/t11?,12-/m1/s1. The van der Waals surface area contributed by atoms with Crippen LogP contribution in [0.5, 0.6) is 0 Å². The van der Waals surface area contributed by atoms with Crippen molar-refractivity contribution in [3.05, 3.63) is 23.9 Å². The van der Waals surface area contributed by atoms with Gasteiger partial charge in [-0.3, -0.25) is 0 Å². The van der Waals surface area contributed by atoms with E-state index in [2.05, 4.69) is 16.8 Å². The van der Waals surface area contributed by atoms with E-state index in [1.165, 1.54) is 0 Å². The summed E-state index contributed by atoms with van der Waals surface area (Å²) in [6, 6.07) is 4.27. The molecule has 1 aromatic heterocycles. The smallest absolute Gasteiger partial charge is 0.128 e. The Balaban J connectivity index is 2.83. The second kappa shape index (κ2) is 8.09. The van der Waals surface area contributed by atoms with Gasteiger partial charge in [-0.2, -0.15) is 0 Å². The van der Waals surface area contributed by atoms with Crippen molar-refractivity contribution in [3.63, 3.8) is 0 Å². The number of hydrogen-bond acceptors (Lipinski definition) is 5. The van der Waals surface area contributed by atoms with Gasteiger partial charge in [-0.25, -0.2) is 4.98 Å². The van der Waals surface area contributed by atoms with Gasteiger partial charge in [-0.15, -0.1) is 0 Å². The van der Waals surface area contributed by atoms with Crippen molar-refractivity contribution >= 4 is 5.82 Å². The highest BCUT2D eigenvalue weighted by molar-refractivity contribution is 5.41. The predicted octanol–water partition coefficient (Wildman–Crippen LogP) is 1.59. The molecule has 0 saturated carbocycles. The minimum Gasteiger partial charge on any atom is -0.383 e. The molecule has 2 atom stereocenters. The largest absolute Gasteiger partial charge is 0.383 e. The SMILES string of the molecule is COCCN(c1ccc([C@@H](C)N)cn1)C(C)COC. The summed E-state index contributed by atoms with van der Waals surface area (Å²) in [5.74, 6) is 0.922. The second-order valence-electron chi connectivity index (χ2n) is 4.73. The molecule has 19 heavy (non-hydrogen) atoms. The molecule has 5 heteroatoms. The Morgan fingerprint density at radius 1 is 1.26 bits per heavy atom. The van der Waals surface area contributed by atoms with E-state index >= 15 is 0 Å². The van der Waals surface area contributed by atoms with Crippen molar-refractivity contribution in [1.82, 2.24) is 4.98 Å². The van der Waals surface area contributed by atoms with Crippen molar-refractivity contribution in [2.45, 2.75) is 25.9 Å². The highest BCUT2D eigenvalue weighted by Gasteiger charge is 2.15. The van der Waals surface area contributed by atoms with Gasteiger partial charge in [0.25, 0.3) is 0 Å². The summed E-state index contributed by atoms with van der Waals surface area (Å²) in [7, 11) is 3.41. The van der Waals surface area contributed by atoms with Gasteiger partial charge in [0.15, 0.2) is 0 Å². The second-order valence-corrected chi connectivity index (χ2v) is 4.73. The Hall–Kier alpha value is -1.17. The summed E-state index contributed by atoms with van der Waals surface area (Å²) in [5, 5.41) is 0. The molecule has 0 aliphatic heterocycles. The van der Waals surface area contributed by atoms with Gasteiger partial charge in [0.05, 0.1) is 19.3 Å². The van der Waals surface area contributed by atoms with Crippen molar-refractivity contribution < 1.29 is 9.47 Å². The van der Waals surface area contributed by atoms with E-state index in [0.717, 1.165) is 17.9 Å². The van der Waals surface area contributed by atoms with Crippen LogP contribution in [-0.2, 0) is 9.47 Å². The van der Waals surface area contributed by atoms with E-state index in [0.29, 0.717) is 13.2 Å². The van der Waals surface area contributed by atoms with E-state index < -0.39 is 0 Å². The number of nitrogens with zero attached hydrogens (tertiary/aromatic N) is 2. The summed E-state index contributed by atoms with van der Waals surface area (Å²) < 4.78 is 10.4. The van der Waals surface area contributed by atoms with Crippen LogP contribution in [0.4, 0.5) is 5.82 Å². The molecule has 1 unspecified atom stereocenters. The third-order valence-electron chi connectivity index (χ3n) is 3.07. The molecule has 108 valence electrons. The molecule has 0 amide bonds. The number of hydrogen-bond donors (Lipinski definition) is 1. The molecule has 1 aromatic rings. The van der Waals surface area contributed by atoms with Crippen molar-refractivity contribution in [2.24, 2.45) is 5.73 Å². The Morgan fingerprint density at radius 3 is 2.47 bits per heavy atom. The quantitative estimate of drug-likeness (QED) is 0.775. The molecular formula is C14H25N3O2. The van der Waals surface area contributed by atoms with E-state index in [-0.39, 0.29) is 12.1 Å². The van der Waals surface area contributed by atoms with Gasteiger partial charge in [-0.1, -0.05) is 6.07 Å². The van der Waals surface area contributed by atoms with Crippen LogP contribution in [0.2, 0.25) is 0 Å². The van der Waals surface area contributed by atoms with Crippen molar-refractivity contribution in [2.75, 3.05) is 38.9 Å². The number of pyridine rings is 1. The van der Waals surface area contributed by atoms with Gasteiger partial charge in [0.1, 0.15) is 5.82 Å². The van der Waals surface area contributed by atoms with Crippen molar-refractivity contribution in [1.29, 1.82) is 0 Å². The Bertz CT molecular complexity index is 354.